The van der Waals surface area contributed by atoms with Crippen LogP contribution in [-0.4, -0.2) is 12.2 Å². The first-order valence-corrected chi connectivity index (χ1v) is 5.01. The molecule has 1 aliphatic carbocycles. The third kappa shape index (κ3) is 3.56. The lowest BCUT2D eigenvalue weighted by Gasteiger charge is -2.25. The minimum Gasteiger partial charge on any atom is -0.303 e. The van der Waals surface area contributed by atoms with E-state index in [4.69, 9.17) is 0 Å². The standard InChI is InChI=1S/C11H16O2/c12-7-2-1-4-10-5-3-6-11(8-10)9-13/h2,9-11H,1,3-6,8H2. The summed E-state index contributed by atoms with van der Waals surface area (Å²) in [6.45, 7) is 0. The summed E-state index contributed by atoms with van der Waals surface area (Å²) in [6.07, 6.45) is 8.96. The van der Waals surface area contributed by atoms with E-state index in [9.17, 15) is 9.59 Å². The second-order valence-electron chi connectivity index (χ2n) is 3.83. The van der Waals surface area contributed by atoms with Crippen LogP contribution in [0, 0.1) is 11.8 Å². The van der Waals surface area contributed by atoms with Gasteiger partial charge in [-0.2, -0.15) is 0 Å². The number of hydrogen-bond donors (Lipinski definition) is 0. The van der Waals surface area contributed by atoms with Gasteiger partial charge in [0, 0.05) is 5.92 Å². The number of rotatable bonds is 4. The van der Waals surface area contributed by atoms with Crippen LogP contribution in [0.1, 0.15) is 38.5 Å². The lowest BCUT2D eigenvalue weighted by molar-refractivity contribution is -0.112. The second kappa shape index (κ2) is 5.71. The Kier molecular flexibility index (Phi) is 4.48. The molecule has 2 heteroatoms. The second-order valence-corrected chi connectivity index (χ2v) is 3.83. The Morgan fingerprint density at radius 3 is 2.92 bits per heavy atom. The molecule has 1 fully saturated rings. The molecule has 2 nitrogen and oxygen atoms in total. The summed E-state index contributed by atoms with van der Waals surface area (Å²) in [7, 11) is 0. The number of hydrogen-bond acceptors (Lipinski definition) is 2. The molecule has 0 radical (unpaired) electrons. The fraction of sp³-hybridized carbons (Fsp3) is 0.727. The van der Waals surface area contributed by atoms with Crippen LogP contribution < -0.4 is 0 Å². The number of aldehydes is 1. The molecular formula is C11H16O2. The molecule has 0 aromatic carbocycles. The molecule has 13 heavy (non-hydrogen) atoms. The predicted molar refractivity (Wildman–Crippen MR) is 51.0 cm³/mol. The van der Waals surface area contributed by atoms with Crippen molar-refractivity contribution in [3.63, 3.8) is 0 Å². The molecule has 72 valence electrons. The molecule has 2 atom stereocenters. The average molecular weight is 180 g/mol. The first-order valence-electron chi connectivity index (χ1n) is 5.01. The molecule has 2 unspecified atom stereocenters. The van der Waals surface area contributed by atoms with E-state index in [2.05, 4.69) is 0 Å². The molecule has 0 aliphatic heterocycles. The topological polar surface area (TPSA) is 34.1 Å². The SMILES string of the molecule is O=C=CCCC1CCCC(C=O)C1. The normalized spacial score (nSPS) is 27.7. The van der Waals surface area contributed by atoms with E-state index in [1.807, 2.05) is 0 Å². The van der Waals surface area contributed by atoms with Crippen molar-refractivity contribution in [2.24, 2.45) is 11.8 Å². The summed E-state index contributed by atoms with van der Waals surface area (Å²) in [6, 6.07) is 0. The summed E-state index contributed by atoms with van der Waals surface area (Å²) in [5, 5.41) is 0. The fourth-order valence-electron chi connectivity index (χ4n) is 2.10. The van der Waals surface area contributed by atoms with Crippen LogP contribution in [-0.2, 0) is 9.59 Å². The van der Waals surface area contributed by atoms with Crippen LogP contribution in [0.5, 0.6) is 0 Å². The van der Waals surface area contributed by atoms with E-state index < -0.39 is 0 Å². The van der Waals surface area contributed by atoms with Crippen LogP contribution in [0.4, 0.5) is 0 Å². The highest BCUT2D eigenvalue weighted by Gasteiger charge is 2.20. The van der Waals surface area contributed by atoms with E-state index in [-0.39, 0.29) is 5.92 Å². The first kappa shape index (κ1) is 10.2. The maximum atomic E-state index is 10.6. The third-order valence-corrected chi connectivity index (χ3v) is 2.82. The maximum absolute atomic E-state index is 10.6. The van der Waals surface area contributed by atoms with Gasteiger partial charge in [-0.3, -0.25) is 0 Å². The quantitative estimate of drug-likeness (QED) is 0.490. The smallest absolute Gasteiger partial charge is 0.123 e. The molecule has 0 saturated heterocycles. The number of carbonyl (C=O) groups excluding carboxylic acids is 2. The zero-order chi connectivity index (χ0) is 9.52. The van der Waals surface area contributed by atoms with Gasteiger partial charge >= 0.3 is 0 Å². The van der Waals surface area contributed by atoms with Gasteiger partial charge in [-0.1, -0.05) is 12.8 Å². The van der Waals surface area contributed by atoms with E-state index in [0.717, 1.165) is 32.0 Å². The minimum absolute atomic E-state index is 0.277. The van der Waals surface area contributed by atoms with Crippen molar-refractivity contribution in [2.45, 2.75) is 38.5 Å². The van der Waals surface area contributed by atoms with Gasteiger partial charge in [-0.25, -0.2) is 4.79 Å². The average Bonchev–Trinajstić information content (AvgIpc) is 2.19. The molecule has 1 rings (SSSR count). The van der Waals surface area contributed by atoms with Gasteiger partial charge in [0.2, 0.25) is 0 Å². The highest BCUT2D eigenvalue weighted by molar-refractivity contribution is 5.53. The molecule has 0 N–H and O–H groups in total. The molecule has 1 saturated carbocycles. The van der Waals surface area contributed by atoms with Gasteiger partial charge < -0.3 is 4.79 Å². The van der Waals surface area contributed by atoms with Crippen LogP contribution in [0.2, 0.25) is 0 Å². The highest BCUT2D eigenvalue weighted by Crippen LogP contribution is 2.30. The zero-order valence-electron chi connectivity index (χ0n) is 7.87. The van der Waals surface area contributed by atoms with Crippen LogP contribution in [0.25, 0.3) is 0 Å². The van der Waals surface area contributed by atoms with E-state index in [1.165, 1.54) is 12.8 Å². The summed E-state index contributed by atoms with van der Waals surface area (Å²) in [4.78, 5) is 20.5. The van der Waals surface area contributed by atoms with Gasteiger partial charge in [-0.05, 0) is 37.7 Å². The van der Waals surface area contributed by atoms with Crippen molar-refractivity contribution in [1.82, 2.24) is 0 Å². The molecule has 0 heterocycles. The van der Waals surface area contributed by atoms with Crippen molar-refractivity contribution in [1.29, 1.82) is 0 Å². The van der Waals surface area contributed by atoms with E-state index in [0.29, 0.717) is 5.92 Å². The molecular weight excluding hydrogens is 164 g/mol. The minimum atomic E-state index is 0.277. The Morgan fingerprint density at radius 1 is 1.38 bits per heavy atom. The molecule has 1 aliphatic rings. The lowest BCUT2D eigenvalue weighted by Crippen LogP contribution is -2.16. The van der Waals surface area contributed by atoms with Gasteiger partial charge in [0.05, 0.1) is 0 Å². The van der Waals surface area contributed by atoms with Gasteiger partial charge in [0.15, 0.2) is 0 Å². The summed E-state index contributed by atoms with van der Waals surface area (Å²) < 4.78 is 0. The monoisotopic (exact) mass is 180 g/mol. The van der Waals surface area contributed by atoms with Crippen molar-refractivity contribution in [3.8, 4) is 0 Å². The Hall–Kier alpha value is -0.880. The van der Waals surface area contributed by atoms with Crippen LogP contribution in [0.15, 0.2) is 6.08 Å². The van der Waals surface area contributed by atoms with Crippen molar-refractivity contribution in [2.75, 3.05) is 0 Å². The molecule has 0 spiro atoms. The first-order chi connectivity index (χ1) is 6.36. The van der Waals surface area contributed by atoms with Crippen LogP contribution in [0.3, 0.4) is 0 Å². The third-order valence-electron chi connectivity index (χ3n) is 2.82. The zero-order valence-corrected chi connectivity index (χ0v) is 7.87. The maximum Gasteiger partial charge on any atom is 0.123 e. The van der Waals surface area contributed by atoms with Gasteiger partial charge in [0.1, 0.15) is 12.2 Å². The van der Waals surface area contributed by atoms with Crippen molar-refractivity contribution in [3.05, 3.63) is 6.08 Å². The molecule has 0 amide bonds. The largest absolute Gasteiger partial charge is 0.303 e. The molecule has 0 aromatic heterocycles. The fourth-order valence-corrected chi connectivity index (χ4v) is 2.10. The van der Waals surface area contributed by atoms with Crippen LogP contribution >= 0.6 is 0 Å². The summed E-state index contributed by atoms with van der Waals surface area (Å²) in [5.74, 6) is 2.71. The summed E-state index contributed by atoms with van der Waals surface area (Å²) >= 11 is 0. The number of carbonyl (C=O) groups is 1. The Labute approximate surface area is 79.0 Å². The Balaban J connectivity index is 2.25. The molecule has 0 aromatic rings. The Bertz CT molecular complexity index is 204. The van der Waals surface area contributed by atoms with Gasteiger partial charge in [0.25, 0.3) is 0 Å². The van der Waals surface area contributed by atoms with E-state index in [1.54, 1.807) is 12.0 Å². The Morgan fingerprint density at radius 2 is 2.23 bits per heavy atom. The van der Waals surface area contributed by atoms with Crippen molar-refractivity contribution >= 4 is 12.2 Å². The van der Waals surface area contributed by atoms with Gasteiger partial charge in [-0.15, -0.1) is 0 Å². The van der Waals surface area contributed by atoms with Crippen molar-refractivity contribution < 1.29 is 9.59 Å². The lowest BCUT2D eigenvalue weighted by atomic mass is 9.80. The molecule has 0 bridgehead atoms. The van der Waals surface area contributed by atoms with E-state index >= 15 is 0 Å². The summed E-state index contributed by atoms with van der Waals surface area (Å²) in [5.41, 5.74) is 0. The highest BCUT2D eigenvalue weighted by atomic mass is 16.1. The predicted octanol–water partition coefficient (Wildman–Crippen LogP) is 2.16. The number of allylic oxidation sites excluding steroid dienone is 1.